The topological polar surface area (TPSA) is 476 Å². The number of aliphatic hydroxyl groups is 1. The van der Waals surface area contributed by atoms with Gasteiger partial charge in [0.2, 0.25) is 5.91 Å². The summed E-state index contributed by atoms with van der Waals surface area (Å²) < 4.78 is 44.3. The standard InChI is InChI=1S/C40H61N3O12.C34H49N3O14.2H2O.P.3H2/c1-7-41-33(6)17-15-16-29(2)30(3)26-35-31(4)28-38(55-40(45)51-23-12-14-25-53-43(48)49)36(35)27-32(5)37(21-20-34-18-9-8-10-19-34)54-39(44)50-22-11-13-24-52-42(46)47;1-35-32(39)16-8-3-2-7-15-28-29(20-19-27(38)18-17-26-13-5-4-6-14-26)31(51-34(41)47-22-10-12-24-49-37(44)45)25-30(28)50-33(40)46-21-9-11-23-48-36(42)43;;;;;;/h8-10,18-19,27,31,35-38,41H,6-7,11-17,20-26,28H2,1-5H3;2,4-7,13-14,19-20,27-31,38H,3,8-12,15-18,21-25H2,1H3,(H,35,39);2*1H2;;3*1H/q;;;;-3;;;/b30-29-,32-27+;7-2-,20-19+;;;;;;/t31?,35?,36-,37+,38-;27-,28+,29+,30-,31+;;;;;;/m10....../s1. The molecular weight excluding hydrogens is 1450 g/mol. The molecule has 0 heterocycles. The number of rotatable bonds is 52. The zero-order valence-electron chi connectivity index (χ0n) is 63.5. The first-order chi connectivity index (χ1) is 50.9. The van der Waals surface area contributed by atoms with E-state index in [1.165, 1.54) is 11.1 Å². The molecule has 2 aromatic carbocycles. The predicted molar refractivity (Wildman–Crippen MR) is 406 cm³/mol. The smallest absolute Gasteiger partial charge is 0.508 e. The number of allylic oxidation sites excluding steroid dienone is 5. The van der Waals surface area contributed by atoms with E-state index < -0.39 is 87.3 Å². The summed E-state index contributed by atoms with van der Waals surface area (Å²) in [5.74, 6) is -0.893. The van der Waals surface area contributed by atoms with E-state index in [0.29, 0.717) is 96.3 Å². The van der Waals surface area contributed by atoms with E-state index >= 15 is 0 Å². The molecule has 0 saturated heterocycles. The Morgan fingerprint density at radius 1 is 0.578 bits per heavy atom. The summed E-state index contributed by atoms with van der Waals surface area (Å²) in [6.07, 6.45) is 13.3. The number of amides is 1. The van der Waals surface area contributed by atoms with Gasteiger partial charge < -0.3 is 93.8 Å². The molecule has 35 heteroatoms. The van der Waals surface area contributed by atoms with Gasteiger partial charge >= 0.3 is 24.6 Å². The van der Waals surface area contributed by atoms with Gasteiger partial charge in [-0.1, -0.05) is 116 Å². The molecule has 2 aliphatic carbocycles. The summed E-state index contributed by atoms with van der Waals surface area (Å²) in [5, 5.41) is 54.6. The maximum Gasteiger partial charge on any atom is 0.508 e. The van der Waals surface area contributed by atoms with Gasteiger partial charge in [-0.05, 0) is 185 Å². The van der Waals surface area contributed by atoms with Crippen LogP contribution in [0.5, 0.6) is 0 Å². The summed E-state index contributed by atoms with van der Waals surface area (Å²) in [6.45, 7) is 14.9. The molecule has 2 fully saturated rings. The molecule has 2 unspecified atom stereocenters. The summed E-state index contributed by atoms with van der Waals surface area (Å²) in [5.41, 5.74) is 6.57. The van der Waals surface area contributed by atoms with Gasteiger partial charge in [0.1, 0.15) is 24.4 Å². The van der Waals surface area contributed by atoms with Crippen molar-refractivity contribution in [3.05, 3.63) is 172 Å². The van der Waals surface area contributed by atoms with Crippen molar-refractivity contribution >= 4 is 40.4 Å². The number of hydrogen-bond acceptors (Lipinski definition) is 27. The molecule has 4 rings (SSSR count). The van der Waals surface area contributed by atoms with Crippen LogP contribution in [0, 0.1) is 70.0 Å². The van der Waals surface area contributed by atoms with Crippen LogP contribution < -0.4 is 10.6 Å². The summed E-state index contributed by atoms with van der Waals surface area (Å²) in [7, 11) is 1.57. The summed E-state index contributed by atoms with van der Waals surface area (Å²) in [4.78, 5) is 121. The summed E-state index contributed by atoms with van der Waals surface area (Å²) in [6, 6.07) is 19.5. The highest BCUT2D eigenvalue weighted by molar-refractivity contribution is 6.92. The van der Waals surface area contributed by atoms with E-state index in [0.717, 1.165) is 54.6 Å². The Labute approximate surface area is 644 Å². The second-order valence-electron chi connectivity index (χ2n) is 25.9. The van der Waals surface area contributed by atoms with Crippen molar-refractivity contribution in [2.45, 2.75) is 206 Å². The van der Waals surface area contributed by atoms with Crippen LogP contribution in [0.3, 0.4) is 0 Å². The van der Waals surface area contributed by atoms with Crippen molar-refractivity contribution in [3.63, 3.8) is 0 Å². The van der Waals surface area contributed by atoms with Crippen LogP contribution in [-0.4, -0.2) is 164 Å². The first-order valence-corrected chi connectivity index (χ1v) is 36.4. The normalized spacial score (nSPS) is 18.5. The number of unbranched alkanes of at least 4 members (excludes halogenated alkanes) is 5. The minimum Gasteiger partial charge on any atom is -3.00 e. The third-order valence-electron chi connectivity index (χ3n) is 17.9. The number of aryl methyl sites for hydroxylation is 2. The Balaban J connectivity index is -0.000000991. The third kappa shape index (κ3) is 45.9. The van der Waals surface area contributed by atoms with Crippen molar-refractivity contribution in [2.24, 2.45) is 29.6 Å². The van der Waals surface area contributed by atoms with E-state index in [1.54, 1.807) is 19.2 Å². The average Bonchev–Trinajstić information content (AvgIpc) is 1.67. The third-order valence-corrected chi connectivity index (χ3v) is 17.9. The van der Waals surface area contributed by atoms with Crippen LogP contribution in [-0.2, 0) is 74.9 Å². The highest BCUT2D eigenvalue weighted by atomic mass is 31.0. The van der Waals surface area contributed by atoms with Crippen LogP contribution in [0.25, 0.3) is 0 Å². The van der Waals surface area contributed by atoms with Crippen molar-refractivity contribution in [1.82, 2.24) is 10.6 Å². The Morgan fingerprint density at radius 2 is 1.03 bits per heavy atom. The zero-order valence-corrected chi connectivity index (χ0v) is 64.3. The van der Waals surface area contributed by atoms with Gasteiger partial charge in [-0.2, -0.15) is 0 Å². The van der Waals surface area contributed by atoms with E-state index in [9.17, 15) is 69.5 Å². The fourth-order valence-corrected chi connectivity index (χ4v) is 12.2. The van der Waals surface area contributed by atoms with Crippen LogP contribution in [0.1, 0.15) is 178 Å². The monoisotopic (exact) mass is 1570 g/mol. The molecule has 2 saturated carbocycles. The molecule has 0 aromatic heterocycles. The Kier molecular flexibility index (Phi) is 54.4. The van der Waals surface area contributed by atoms with Crippen molar-refractivity contribution in [1.29, 1.82) is 0 Å². The molecule has 2 aliphatic rings. The van der Waals surface area contributed by atoms with Gasteiger partial charge in [-0.25, -0.2) is 19.2 Å². The Bertz CT molecular complexity index is 3110. The molecule has 1 amide bonds. The fourth-order valence-electron chi connectivity index (χ4n) is 12.2. The van der Waals surface area contributed by atoms with Crippen LogP contribution in [0.4, 0.5) is 19.2 Å². The largest absolute Gasteiger partial charge is 3.00 e. The Hall–Kier alpha value is -9.40. The molecule has 0 spiro atoms. The second kappa shape index (κ2) is 59.5. The molecule has 109 heavy (non-hydrogen) atoms. The predicted octanol–water partition coefficient (Wildman–Crippen LogP) is 13.9. The number of ether oxygens (including phenoxy) is 8. The van der Waals surface area contributed by atoms with Crippen LogP contribution in [0.15, 0.2) is 120 Å². The average molecular weight is 1570 g/mol. The van der Waals surface area contributed by atoms with Crippen molar-refractivity contribution < 1.29 is 122 Å². The highest BCUT2D eigenvalue weighted by Gasteiger charge is 2.47. The number of nitrogens with one attached hydrogen (secondary N) is 2. The lowest BCUT2D eigenvalue weighted by Gasteiger charge is -3.00. The van der Waals surface area contributed by atoms with Crippen LogP contribution in [0.2, 0.25) is 0 Å². The van der Waals surface area contributed by atoms with Crippen molar-refractivity contribution in [2.75, 3.05) is 66.4 Å². The zero-order chi connectivity index (χ0) is 77.9. The maximum atomic E-state index is 12.9. The first kappa shape index (κ1) is 99.6. The van der Waals surface area contributed by atoms with E-state index in [1.807, 2.05) is 79.7 Å². The first-order valence-electron chi connectivity index (χ1n) is 36.4. The SMILES string of the molecule is C=C(CCC/C(C)=C(/C)CC1C(C)C[C@@H](OC(=O)OCCCCO[N+](=O)[O-])[C@@H]1/C=C(\C)[C@H](CCc1ccccc1)OC(=O)OCCCCO[N+](=O)[O-])NCC.CNC(=O)CCC/C=C\C[C@@H]1[C@@H](/C=C/[C@@H](O)CCc2ccccc2)[C@H](OC(=O)OCCCCO[N+](=O)[O-])C[C@@H]1OC(=O)OCCCCO[N+](=O)[O-].O.O.[HH].[HH].[HH].[P-3]. The molecule has 0 aliphatic heterocycles. The molecule has 10 atom stereocenters. The maximum absolute atomic E-state index is 12.9. The van der Waals surface area contributed by atoms with Crippen molar-refractivity contribution in [3.8, 4) is 0 Å². The molecule has 7 N–H and O–H groups in total. The number of aliphatic hydroxyl groups excluding tert-OH is 1. The fraction of sp³-hybridized carbons (Fsp3) is 0.635. The van der Waals surface area contributed by atoms with Crippen LogP contribution >= 0.6 is 9.90 Å². The Morgan fingerprint density at radius 3 is 1.50 bits per heavy atom. The number of nitrogens with zero attached hydrogens (tertiary/aromatic N) is 4. The molecule has 2 aromatic rings. The van der Waals surface area contributed by atoms with Gasteiger partial charge in [0.25, 0.3) is 20.3 Å². The van der Waals surface area contributed by atoms with Gasteiger partial charge in [0.15, 0.2) is 0 Å². The van der Waals surface area contributed by atoms with Gasteiger partial charge in [0, 0.05) is 54.2 Å². The van der Waals surface area contributed by atoms with E-state index in [4.69, 9.17) is 37.9 Å². The van der Waals surface area contributed by atoms with Gasteiger partial charge in [-0.3, -0.25) is 4.79 Å². The minimum absolute atomic E-state index is 0. The molecular formula is C74H120N6O28P-3. The molecule has 0 bridgehead atoms. The molecule has 34 nitrogen and oxygen atoms in total. The van der Waals surface area contributed by atoms with Gasteiger partial charge in [-0.15, -0.1) is 40.5 Å². The number of hydrogen-bond donors (Lipinski definition) is 3. The lowest BCUT2D eigenvalue weighted by molar-refractivity contribution is -0.757. The summed E-state index contributed by atoms with van der Waals surface area (Å²) >= 11 is 0. The minimum atomic E-state index is -0.970. The number of carbonyl (C=O) groups excluding carboxylic acids is 5. The molecule has 622 valence electrons. The number of benzene rings is 2. The second-order valence-corrected chi connectivity index (χ2v) is 25.9. The molecule has 0 radical (unpaired) electrons. The lowest BCUT2D eigenvalue weighted by Crippen LogP contribution is -2.27. The number of carbonyl (C=O) groups is 5. The quantitative estimate of drug-likeness (QED) is 0.0105. The van der Waals surface area contributed by atoms with Gasteiger partial charge in [0.05, 0.1) is 59.0 Å². The van der Waals surface area contributed by atoms with E-state index in [-0.39, 0.29) is 121 Å². The van der Waals surface area contributed by atoms with E-state index in [2.05, 4.69) is 70.3 Å². The lowest BCUT2D eigenvalue weighted by atomic mass is 9.82. The highest BCUT2D eigenvalue weighted by Crippen LogP contribution is 2.45.